The molecule has 1 aromatic carbocycles. The molecule has 1 aliphatic rings. The van der Waals surface area contributed by atoms with Crippen LogP contribution in [-0.2, 0) is 14.4 Å². The topological polar surface area (TPSA) is 86.7 Å². The summed E-state index contributed by atoms with van der Waals surface area (Å²) in [6.45, 7) is 3.58. The van der Waals surface area contributed by atoms with Gasteiger partial charge in [-0.05, 0) is 37.6 Å². The molecule has 1 fully saturated rings. The summed E-state index contributed by atoms with van der Waals surface area (Å²) in [5, 5.41) is 11.2. The molecule has 0 radical (unpaired) electrons. The van der Waals surface area contributed by atoms with Gasteiger partial charge >= 0.3 is 5.97 Å². The van der Waals surface area contributed by atoms with Gasteiger partial charge in [0.25, 0.3) is 0 Å². The minimum absolute atomic E-state index is 0.0906. The van der Waals surface area contributed by atoms with Crippen molar-refractivity contribution in [1.29, 1.82) is 0 Å². The zero-order valence-corrected chi connectivity index (χ0v) is 13.9. The van der Waals surface area contributed by atoms with E-state index in [0.717, 1.165) is 15.7 Å². The first-order valence-electron chi connectivity index (χ1n) is 6.89. The second-order valence-electron chi connectivity index (χ2n) is 5.41. The van der Waals surface area contributed by atoms with Crippen LogP contribution in [0.15, 0.2) is 22.7 Å². The molecule has 2 amide bonds. The fraction of sp³-hybridized carbons (Fsp3) is 0.400. The average Bonchev–Trinajstić information content (AvgIpc) is 2.84. The summed E-state index contributed by atoms with van der Waals surface area (Å²) in [4.78, 5) is 36.5. The lowest BCUT2D eigenvalue weighted by Gasteiger charge is -2.18. The van der Waals surface area contributed by atoms with Crippen LogP contribution < -0.4 is 10.2 Å². The van der Waals surface area contributed by atoms with Gasteiger partial charge in [-0.25, -0.2) is 0 Å². The highest BCUT2D eigenvalue weighted by molar-refractivity contribution is 9.10. The van der Waals surface area contributed by atoms with E-state index in [2.05, 4.69) is 21.2 Å². The lowest BCUT2D eigenvalue weighted by molar-refractivity contribution is -0.141. The molecule has 2 rings (SSSR count). The van der Waals surface area contributed by atoms with Gasteiger partial charge in [-0.3, -0.25) is 14.4 Å². The first kappa shape index (κ1) is 16.5. The Morgan fingerprint density at radius 3 is 2.73 bits per heavy atom. The van der Waals surface area contributed by atoms with Crippen molar-refractivity contribution >= 4 is 39.4 Å². The lowest BCUT2D eigenvalue weighted by Crippen LogP contribution is -2.42. The number of nitrogens with one attached hydrogen (secondary N) is 1. The number of nitrogens with zero attached hydrogens (tertiary/aromatic N) is 1. The summed E-state index contributed by atoms with van der Waals surface area (Å²) in [5.41, 5.74) is 1.74. The summed E-state index contributed by atoms with van der Waals surface area (Å²) in [6.07, 6.45) is 0.0906. The van der Waals surface area contributed by atoms with Crippen LogP contribution in [0.4, 0.5) is 5.69 Å². The Kier molecular flexibility index (Phi) is 4.85. The highest BCUT2D eigenvalue weighted by atomic mass is 79.9. The highest BCUT2D eigenvalue weighted by Gasteiger charge is 2.36. The number of carboxylic acid groups (broad SMARTS) is 1. The first-order chi connectivity index (χ1) is 10.3. The summed E-state index contributed by atoms with van der Waals surface area (Å²) in [5.74, 6) is -2.17. The van der Waals surface area contributed by atoms with Gasteiger partial charge < -0.3 is 15.3 Å². The number of amides is 2. The van der Waals surface area contributed by atoms with E-state index >= 15 is 0 Å². The number of carboxylic acids is 1. The van der Waals surface area contributed by atoms with Crippen LogP contribution in [0, 0.1) is 12.8 Å². The van der Waals surface area contributed by atoms with Crippen molar-refractivity contribution in [1.82, 2.24) is 5.32 Å². The van der Waals surface area contributed by atoms with Crippen LogP contribution in [-0.4, -0.2) is 35.5 Å². The van der Waals surface area contributed by atoms with Crippen LogP contribution in [0.5, 0.6) is 0 Å². The Hall–Kier alpha value is -1.89. The molecule has 1 aromatic rings. The molecular formula is C15H17BrN2O4. The van der Waals surface area contributed by atoms with Crippen LogP contribution in [0.25, 0.3) is 0 Å². The molecule has 22 heavy (non-hydrogen) atoms. The Morgan fingerprint density at radius 2 is 2.14 bits per heavy atom. The minimum atomic E-state index is -1.10. The van der Waals surface area contributed by atoms with E-state index in [4.69, 9.17) is 5.11 Å². The van der Waals surface area contributed by atoms with Gasteiger partial charge in [-0.15, -0.1) is 0 Å². The van der Waals surface area contributed by atoms with Crippen molar-refractivity contribution in [3.63, 3.8) is 0 Å². The van der Waals surface area contributed by atoms with Crippen LogP contribution >= 0.6 is 15.9 Å². The number of hydrogen-bond donors (Lipinski definition) is 2. The second-order valence-corrected chi connectivity index (χ2v) is 6.26. The number of halogens is 1. The molecule has 6 nitrogen and oxygen atoms in total. The molecule has 0 spiro atoms. The van der Waals surface area contributed by atoms with E-state index in [-0.39, 0.29) is 18.9 Å². The summed E-state index contributed by atoms with van der Waals surface area (Å²) >= 11 is 3.41. The van der Waals surface area contributed by atoms with Gasteiger partial charge in [0, 0.05) is 23.1 Å². The van der Waals surface area contributed by atoms with E-state index in [0.29, 0.717) is 0 Å². The average molecular weight is 369 g/mol. The third-order valence-corrected chi connectivity index (χ3v) is 4.57. The number of anilines is 1. The number of aliphatic carboxylic acids is 1. The first-order valence-corrected chi connectivity index (χ1v) is 7.68. The van der Waals surface area contributed by atoms with Crippen molar-refractivity contribution < 1.29 is 19.5 Å². The molecule has 7 heteroatoms. The quantitative estimate of drug-likeness (QED) is 0.846. The zero-order chi connectivity index (χ0) is 16.4. The molecule has 2 N–H and O–H groups in total. The van der Waals surface area contributed by atoms with Gasteiger partial charge in [0.1, 0.15) is 6.04 Å². The molecule has 1 unspecified atom stereocenters. The minimum Gasteiger partial charge on any atom is -0.480 e. The largest absolute Gasteiger partial charge is 0.480 e. The van der Waals surface area contributed by atoms with Gasteiger partial charge in [0.15, 0.2) is 0 Å². The normalized spacial score (nSPS) is 19.1. The molecule has 0 saturated carbocycles. The number of carbonyl (C=O) groups is 3. The zero-order valence-electron chi connectivity index (χ0n) is 12.3. The van der Waals surface area contributed by atoms with E-state index in [9.17, 15) is 14.4 Å². The van der Waals surface area contributed by atoms with Crippen molar-refractivity contribution in [3.8, 4) is 0 Å². The third kappa shape index (κ3) is 3.47. The van der Waals surface area contributed by atoms with Gasteiger partial charge in [-0.1, -0.05) is 15.9 Å². The molecule has 0 aromatic heterocycles. The molecule has 118 valence electrons. The molecular weight excluding hydrogens is 352 g/mol. The van der Waals surface area contributed by atoms with E-state index < -0.39 is 23.8 Å². The lowest BCUT2D eigenvalue weighted by atomic mass is 10.1. The van der Waals surface area contributed by atoms with Crippen LogP contribution in [0.1, 0.15) is 18.9 Å². The summed E-state index contributed by atoms with van der Waals surface area (Å²) < 4.78 is 0.951. The molecule has 1 heterocycles. The van der Waals surface area contributed by atoms with Crippen molar-refractivity contribution in [2.24, 2.45) is 5.92 Å². The molecule has 0 bridgehead atoms. The number of benzene rings is 1. The smallest absolute Gasteiger partial charge is 0.325 e. The van der Waals surface area contributed by atoms with Crippen molar-refractivity contribution in [2.45, 2.75) is 26.3 Å². The Balaban J connectivity index is 2.08. The maximum Gasteiger partial charge on any atom is 0.325 e. The standard InChI is InChI=1S/C15H17BrN2O4/c1-8-5-11(3-4-12(8)16)18-7-10(6-13(18)19)14(20)17-9(2)15(21)22/h3-5,9-10H,6-7H2,1-2H3,(H,17,20)(H,21,22)/t9-,10?/m1/s1. The molecule has 1 saturated heterocycles. The molecule has 1 aliphatic heterocycles. The maximum absolute atomic E-state index is 12.1. The predicted octanol–water partition coefficient (Wildman–Crippen LogP) is 1.70. The van der Waals surface area contributed by atoms with Gasteiger partial charge in [0.05, 0.1) is 5.92 Å². The fourth-order valence-electron chi connectivity index (χ4n) is 2.32. The molecule has 0 aliphatic carbocycles. The number of hydrogen-bond acceptors (Lipinski definition) is 3. The van der Waals surface area contributed by atoms with Crippen molar-refractivity contribution in [2.75, 3.05) is 11.4 Å². The summed E-state index contributed by atoms with van der Waals surface area (Å²) in [7, 11) is 0. The fourth-order valence-corrected chi connectivity index (χ4v) is 2.57. The number of rotatable bonds is 4. The van der Waals surface area contributed by atoms with Gasteiger partial charge in [0.2, 0.25) is 11.8 Å². The van der Waals surface area contributed by atoms with E-state index in [1.807, 2.05) is 25.1 Å². The number of carbonyl (C=O) groups excluding carboxylic acids is 2. The SMILES string of the molecule is Cc1cc(N2CC(C(=O)N[C@H](C)C(=O)O)CC2=O)ccc1Br. The highest BCUT2D eigenvalue weighted by Crippen LogP contribution is 2.28. The Labute approximate surface area is 136 Å². The predicted molar refractivity (Wildman–Crippen MR) is 84.6 cm³/mol. The Bertz CT molecular complexity index is 632. The molecule has 2 atom stereocenters. The Morgan fingerprint density at radius 1 is 1.45 bits per heavy atom. The van der Waals surface area contributed by atoms with E-state index in [1.165, 1.54) is 6.92 Å². The van der Waals surface area contributed by atoms with Crippen molar-refractivity contribution in [3.05, 3.63) is 28.2 Å². The number of aryl methyl sites for hydroxylation is 1. The monoisotopic (exact) mass is 368 g/mol. The maximum atomic E-state index is 12.1. The third-order valence-electron chi connectivity index (χ3n) is 3.68. The van der Waals surface area contributed by atoms with Crippen LogP contribution in [0.2, 0.25) is 0 Å². The van der Waals surface area contributed by atoms with E-state index in [1.54, 1.807) is 4.90 Å². The summed E-state index contributed by atoms with van der Waals surface area (Å²) in [6, 6.07) is 4.58. The van der Waals surface area contributed by atoms with Gasteiger partial charge in [-0.2, -0.15) is 0 Å². The van der Waals surface area contributed by atoms with Crippen LogP contribution in [0.3, 0.4) is 0 Å². The second kappa shape index (κ2) is 6.48.